The summed E-state index contributed by atoms with van der Waals surface area (Å²) < 4.78 is 34.1. The first kappa shape index (κ1) is 23.4. The molecule has 8 nitrogen and oxygen atoms in total. The first-order valence-corrected chi connectivity index (χ1v) is 11.3. The summed E-state index contributed by atoms with van der Waals surface area (Å²) in [5.74, 6) is -4.76. The van der Waals surface area contributed by atoms with E-state index in [1.54, 1.807) is 53.4 Å². The maximum atomic E-state index is 13.6. The van der Waals surface area contributed by atoms with Gasteiger partial charge in [-0.3, -0.25) is 9.59 Å². The molecule has 3 heterocycles. The third kappa shape index (κ3) is 4.26. The molecule has 4 aromatic rings. The van der Waals surface area contributed by atoms with Crippen molar-refractivity contribution in [3.63, 3.8) is 0 Å². The zero-order valence-corrected chi connectivity index (χ0v) is 19.6. The molecule has 1 aliphatic rings. The fourth-order valence-corrected chi connectivity index (χ4v) is 4.49. The quantitative estimate of drug-likeness (QED) is 0.440. The van der Waals surface area contributed by atoms with Gasteiger partial charge in [-0.15, -0.1) is 0 Å². The van der Waals surface area contributed by atoms with E-state index in [2.05, 4.69) is 15.4 Å². The van der Waals surface area contributed by atoms with Crippen LogP contribution in [0.4, 0.5) is 14.5 Å². The summed E-state index contributed by atoms with van der Waals surface area (Å²) in [6.07, 6.45) is 3.22. The predicted molar refractivity (Wildman–Crippen MR) is 129 cm³/mol. The van der Waals surface area contributed by atoms with Crippen molar-refractivity contribution >= 4 is 28.4 Å². The van der Waals surface area contributed by atoms with Crippen molar-refractivity contribution in [2.75, 3.05) is 12.0 Å². The van der Waals surface area contributed by atoms with Gasteiger partial charge in [-0.2, -0.15) is 13.9 Å². The van der Waals surface area contributed by atoms with Crippen molar-refractivity contribution in [2.45, 2.75) is 31.4 Å². The molecule has 10 heteroatoms. The molecular formula is C26H23F2N5O3. The summed E-state index contributed by atoms with van der Waals surface area (Å²) in [5, 5.41) is 7.62. The van der Waals surface area contributed by atoms with Crippen LogP contribution in [0.25, 0.3) is 16.6 Å². The van der Waals surface area contributed by atoms with Crippen LogP contribution in [0, 0.1) is 0 Å². The highest BCUT2D eigenvalue weighted by molar-refractivity contribution is 6.00. The highest BCUT2D eigenvalue weighted by Crippen LogP contribution is 2.39. The van der Waals surface area contributed by atoms with Crippen LogP contribution >= 0.6 is 0 Å². The Labute approximate surface area is 205 Å². The SMILES string of the molecule is COc1ccc(-n2ncc3cc(N4C(=O)CC(NC(=O)C(C)(F)F)C4c4ccccc4)ccc32)cn1. The van der Waals surface area contributed by atoms with E-state index in [1.807, 2.05) is 36.4 Å². The third-order valence-corrected chi connectivity index (χ3v) is 6.18. The van der Waals surface area contributed by atoms with Gasteiger partial charge in [0.05, 0.1) is 42.8 Å². The second-order valence-electron chi connectivity index (χ2n) is 8.65. The van der Waals surface area contributed by atoms with E-state index in [-0.39, 0.29) is 12.3 Å². The molecule has 2 aromatic carbocycles. The molecule has 0 bridgehead atoms. The standard InChI is InChI=1S/C26H23F2N5O3/c1-26(27,28)25(35)31-20-13-23(34)32(24(20)16-6-4-3-5-7-16)18-8-10-21-17(12-18)14-30-33(21)19-9-11-22(36-2)29-15-19/h3-12,14-15,20,24H,13H2,1-2H3,(H,31,35). The average Bonchev–Trinajstić information content (AvgIpc) is 3.44. The number of ether oxygens (including phenoxy) is 1. The van der Waals surface area contributed by atoms with E-state index in [0.717, 1.165) is 22.2 Å². The van der Waals surface area contributed by atoms with Gasteiger partial charge >= 0.3 is 5.92 Å². The Morgan fingerprint density at radius 1 is 1.08 bits per heavy atom. The monoisotopic (exact) mass is 491 g/mol. The van der Waals surface area contributed by atoms with Crippen molar-refractivity contribution in [3.8, 4) is 11.6 Å². The number of benzene rings is 2. The third-order valence-electron chi connectivity index (χ3n) is 6.18. The van der Waals surface area contributed by atoms with Gasteiger partial charge in [0, 0.05) is 30.5 Å². The van der Waals surface area contributed by atoms with Crippen LogP contribution in [0.1, 0.15) is 24.9 Å². The van der Waals surface area contributed by atoms with E-state index in [0.29, 0.717) is 18.5 Å². The number of hydrogen-bond donors (Lipinski definition) is 1. The molecule has 0 radical (unpaired) electrons. The smallest absolute Gasteiger partial charge is 0.321 e. The minimum absolute atomic E-state index is 0.101. The number of anilines is 1. The number of alkyl halides is 2. The maximum Gasteiger partial charge on any atom is 0.321 e. The molecule has 0 aliphatic carbocycles. The molecule has 1 N–H and O–H groups in total. The number of halogens is 2. The van der Waals surface area contributed by atoms with Crippen molar-refractivity contribution < 1.29 is 23.1 Å². The number of pyridine rings is 1. The zero-order valence-electron chi connectivity index (χ0n) is 19.6. The number of carbonyl (C=O) groups excluding carboxylic acids is 2. The highest BCUT2D eigenvalue weighted by atomic mass is 19.3. The molecule has 0 saturated carbocycles. The van der Waals surface area contributed by atoms with Crippen molar-refractivity contribution in [3.05, 3.63) is 78.6 Å². The van der Waals surface area contributed by atoms with E-state index < -0.39 is 23.9 Å². The molecule has 2 unspecified atom stereocenters. The van der Waals surface area contributed by atoms with Crippen LogP contribution in [-0.4, -0.2) is 45.7 Å². The second-order valence-corrected chi connectivity index (χ2v) is 8.65. The summed E-state index contributed by atoms with van der Waals surface area (Å²) >= 11 is 0. The summed E-state index contributed by atoms with van der Waals surface area (Å²) in [6, 6.07) is 16.6. The zero-order chi connectivity index (χ0) is 25.4. The van der Waals surface area contributed by atoms with E-state index in [9.17, 15) is 18.4 Å². The van der Waals surface area contributed by atoms with Gasteiger partial charge in [-0.1, -0.05) is 30.3 Å². The molecule has 2 amide bonds. The Kier molecular flexibility index (Phi) is 5.87. The van der Waals surface area contributed by atoms with Crippen LogP contribution in [-0.2, 0) is 9.59 Å². The molecule has 5 rings (SSSR count). The lowest BCUT2D eigenvalue weighted by Gasteiger charge is -2.29. The summed E-state index contributed by atoms with van der Waals surface area (Å²) in [6.45, 7) is 0.540. The largest absolute Gasteiger partial charge is 0.481 e. The molecule has 1 fully saturated rings. The normalized spacial score (nSPS) is 18.0. The molecular weight excluding hydrogens is 468 g/mol. The molecule has 1 aliphatic heterocycles. The van der Waals surface area contributed by atoms with Crippen molar-refractivity contribution in [2.24, 2.45) is 0 Å². The first-order valence-electron chi connectivity index (χ1n) is 11.3. The number of nitrogens with zero attached hydrogens (tertiary/aromatic N) is 4. The van der Waals surface area contributed by atoms with Gasteiger partial charge in [0.1, 0.15) is 0 Å². The number of carbonyl (C=O) groups is 2. The van der Waals surface area contributed by atoms with E-state index in [4.69, 9.17) is 4.74 Å². The van der Waals surface area contributed by atoms with Crippen LogP contribution in [0.5, 0.6) is 5.88 Å². The first-order chi connectivity index (χ1) is 17.3. The minimum atomic E-state index is -3.55. The van der Waals surface area contributed by atoms with Gasteiger partial charge < -0.3 is 15.0 Å². The topological polar surface area (TPSA) is 89.4 Å². The van der Waals surface area contributed by atoms with Gasteiger partial charge in [0.15, 0.2) is 0 Å². The summed E-state index contributed by atoms with van der Waals surface area (Å²) in [4.78, 5) is 31.0. The molecule has 1 saturated heterocycles. The lowest BCUT2D eigenvalue weighted by molar-refractivity contribution is -0.143. The van der Waals surface area contributed by atoms with Gasteiger partial charge in [-0.25, -0.2) is 9.67 Å². The van der Waals surface area contributed by atoms with Gasteiger partial charge in [0.25, 0.3) is 5.91 Å². The fourth-order valence-electron chi connectivity index (χ4n) is 4.49. The molecule has 0 spiro atoms. The molecule has 36 heavy (non-hydrogen) atoms. The van der Waals surface area contributed by atoms with Crippen LogP contribution in [0.15, 0.2) is 73.1 Å². The number of methoxy groups -OCH3 is 1. The highest BCUT2D eigenvalue weighted by Gasteiger charge is 2.45. The predicted octanol–water partition coefficient (Wildman–Crippen LogP) is 4.05. The molecule has 184 valence electrons. The molecule has 2 atom stereocenters. The van der Waals surface area contributed by atoms with Crippen molar-refractivity contribution in [1.29, 1.82) is 0 Å². The Morgan fingerprint density at radius 3 is 2.50 bits per heavy atom. The number of rotatable bonds is 6. The maximum absolute atomic E-state index is 13.6. The number of aromatic nitrogens is 3. The van der Waals surface area contributed by atoms with E-state index >= 15 is 0 Å². The van der Waals surface area contributed by atoms with Crippen molar-refractivity contribution in [1.82, 2.24) is 20.1 Å². The number of nitrogens with one attached hydrogen (secondary N) is 1. The average molecular weight is 491 g/mol. The van der Waals surface area contributed by atoms with Crippen LogP contribution in [0.2, 0.25) is 0 Å². The number of amides is 2. The summed E-state index contributed by atoms with van der Waals surface area (Å²) in [5.41, 5.74) is 2.84. The molecule has 2 aromatic heterocycles. The lowest BCUT2D eigenvalue weighted by Crippen LogP contribution is -2.46. The second kappa shape index (κ2) is 9.03. The van der Waals surface area contributed by atoms with E-state index in [1.165, 1.54) is 0 Å². The minimum Gasteiger partial charge on any atom is -0.481 e. The fraction of sp³-hybridized carbons (Fsp3) is 0.231. The van der Waals surface area contributed by atoms with Gasteiger partial charge in [-0.05, 0) is 29.8 Å². The Morgan fingerprint density at radius 2 is 1.83 bits per heavy atom. The lowest BCUT2D eigenvalue weighted by atomic mass is 9.99. The van der Waals surface area contributed by atoms with Crippen LogP contribution in [0.3, 0.4) is 0 Å². The summed E-state index contributed by atoms with van der Waals surface area (Å²) in [7, 11) is 1.54. The Bertz CT molecular complexity index is 1420. The number of hydrogen-bond acceptors (Lipinski definition) is 5. The Hall–Kier alpha value is -4.34. The van der Waals surface area contributed by atoms with Crippen LogP contribution < -0.4 is 15.0 Å². The number of fused-ring (bicyclic) bond motifs is 1. The van der Waals surface area contributed by atoms with Gasteiger partial charge in [0.2, 0.25) is 11.8 Å². The Balaban J connectivity index is 1.52.